The second kappa shape index (κ2) is 6.78. The van der Waals surface area contributed by atoms with E-state index in [0.29, 0.717) is 6.61 Å². The van der Waals surface area contributed by atoms with Gasteiger partial charge in [0.1, 0.15) is 0 Å². The van der Waals surface area contributed by atoms with E-state index in [9.17, 15) is 0 Å². The lowest BCUT2D eigenvalue weighted by Crippen LogP contribution is -2.46. The molecule has 2 aliphatic rings. The first-order chi connectivity index (χ1) is 11.8. The van der Waals surface area contributed by atoms with Crippen LogP contribution in [0.15, 0.2) is 18.5 Å². The highest BCUT2D eigenvalue weighted by Gasteiger charge is 2.23. The highest BCUT2D eigenvalue weighted by molar-refractivity contribution is 5.57. The molecule has 0 aromatic carbocycles. The van der Waals surface area contributed by atoms with Crippen molar-refractivity contribution < 1.29 is 9.47 Å². The molecule has 0 bridgehead atoms. The topological polar surface area (TPSA) is 66.5 Å². The number of rotatable bonds is 4. The van der Waals surface area contributed by atoms with Gasteiger partial charge in [0, 0.05) is 56.6 Å². The Morgan fingerprint density at radius 2 is 2.17 bits per heavy atom. The molecule has 0 radical (unpaired) electrons. The molecule has 2 aromatic heterocycles. The van der Waals surface area contributed by atoms with Gasteiger partial charge in [-0.05, 0) is 6.07 Å². The third-order valence-corrected chi connectivity index (χ3v) is 4.85. The van der Waals surface area contributed by atoms with Crippen LogP contribution in [0.1, 0.15) is 17.0 Å². The van der Waals surface area contributed by atoms with Gasteiger partial charge in [-0.15, -0.1) is 0 Å². The number of hydrogen-bond donors (Lipinski definition) is 1. The summed E-state index contributed by atoms with van der Waals surface area (Å²) in [6.07, 6.45) is 4.54. The van der Waals surface area contributed by atoms with E-state index in [1.165, 1.54) is 11.3 Å². The van der Waals surface area contributed by atoms with Crippen LogP contribution in [-0.4, -0.2) is 60.0 Å². The molecule has 0 aliphatic carbocycles. The highest BCUT2D eigenvalue weighted by Crippen LogP contribution is 2.28. The number of fused-ring (bicyclic) bond motifs is 1. The Kier molecular flexibility index (Phi) is 4.36. The van der Waals surface area contributed by atoms with Crippen molar-refractivity contribution in [2.75, 3.05) is 44.8 Å². The minimum atomic E-state index is 0.690. The molecular formula is C17H23N5O2. The lowest BCUT2D eigenvalue weighted by Gasteiger charge is -2.36. The largest absolute Gasteiger partial charge is 0.493 e. The summed E-state index contributed by atoms with van der Waals surface area (Å²) in [5, 5.41) is 7.68. The second-order valence-corrected chi connectivity index (χ2v) is 6.24. The molecule has 7 heteroatoms. The lowest BCUT2D eigenvalue weighted by atomic mass is 10.1. The molecule has 1 saturated heterocycles. The van der Waals surface area contributed by atoms with E-state index in [4.69, 9.17) is 9.47 Å². The van der Waals surface area contributed by atoms with Crippen molar-refractivity contribution in [3.05, 3.63) is 35.4 Å². The fourth-order valence-corrected chi connectivity index (χ4v) is 3.45. The van der Waals surface area contributed by atoms with Gasteiger partial charge in [0.05, 0.1) is 37.9 Å². The van der Waals surface area contributed by atoms with E-state index in [1.807, 2.05) is 12.3 Å². The zero-order valence-corrected chi connectivity index (χ0v) is 14.0. The maximum atomic E-state index is 5.58. The van der Waals surface area contributed by atoms with Crippen LogP contribution in [0.4, 0.5) is 5.69 Å². The van der Waals surface area contributed by atoms with Crippen LogP contribution < -0.4 is 9.64 Å². The normalized spacial score (nSPS) is 18.5. The summed E-state index contributed by atoms with van der Waals surface area (Å²) in [4.78, 5) is 8.95. The smallest absolute Gasteiger partial charge is 0.160 e. The van der Waals surface area contributed by atoms with Gasteiger partial charge in [-0.25, -0.2) is 0 Å². The van der Waals surface area contributed by atoms with Gasteiger partial charge >= 0.3 is 0 Å². The van der Waals surface area contributed by atoms with Gasteiger partial charge in [-0.3, -0.25) is 15.0 Å². The van der Waals surface area contributed by atoms with Gasteiger partial charge in [0.25, 0.3) is 0 Å². The minimum absolute atomic E-state index is 0.690. The van der Waals surface area contributed by atoms with Crippen LogP contribution in [0.2, 0.25) is 0 Å². The van der Waals surface area contributed by atoms with Crippen LogP contribution in [-0.2, 0) is 24.3 Å². The van der Waals surface area contributed by atoms with E-state index < -0.39 is 0 Å². The monoisotopic (exact) mass is 329 g/mol. The molecule has 4 heterocycles. The molecule has 128 valence electrons. The van der Waals surface area contributed by atoms with E-state index in [0.717, 1.165) is 62.9 Å². The Bertz CT molecular complexity index is 694. The first-order valence-corrected chi connectivity index (χ1v) is 8.43. The van der Waals surface area contributed by atoms with Crippen molar-refractivity contribution >= 4 is 5.69 Å². The zero-order valence-electron chi connectivity index (χ0n) is 14.0. The van der Waals surface area contributed by atoms with Crippen LogP contribution in [0, 0.1) is 0 Å². The van der Waals surface area contributed by atoms with Crippen molar-refractivity contribution in [2.24, 2.45) is 0 Å². The van der Waals surface area contributed by atoms with Crippen molar-refractivity contribution in [1.82, 2.24) is 20.1 Å². The fourth-order valence-electron chi connectivity index (χ4n) is 3.45. The fraction of sp³-hybridized carbons (Fsp3) is 0.529. The standard InChI is InChI=1S/C17H23N5O2/c1-23-17-10-18-4-2-16(17)22-7-5-21(6-8-22)11-15-13-12-24-9-3-14(13)19-20-15/h2,4,10H,3,5-9,11-12H2,1H3,(H,19,20). The van der Waals surface area contributed by atoms with E-state index in [-0.39, 0.29) is 0 Å². The van der Waals surface area contributed by atoms with Crippen molar-refractivity contribution in [2.45, 2.75) is 19.6 Å². The van der Waals surface area contributed by atoms with E-state index in [2.05, 4.69) is 25.0 Å². The van der Waals surface area contributed by atoms with Gasteiger partial charge in [0.15, 0.2) is 5.75 Å². The molecular weight excluding hydrogens is 306 g/mol. The van der Waals surface area contributed by atoms with Crippen LogP contribution in [0.25, 0.3) is 0 Å². The molecule has 24 heavy (non-hydrogen) atoms. The number of nitrogens with one attached hydrogen (secondary N) is 1. The summed E-state index contributed by atoms with van der Waals surface area (Å²) >= 11 is 0. The second-order valence-electron chi connectivity index (χ2n) is 6.24. The van der Waals surface area contributed by atoms with Gasteiger partial charge < -0.3 is 14.4 Å². The third kappa shape index (κ3) is 2.97. The van der Waals surface area contributed by atoms with Crippen molar-refractivity contribution in [3.63, 3.8) is 0 Å². The number of anilines is 1. The summed E-state index contributed by atoms with van der Waals surface area (Å²) in [7, 11) is 1.69. The molecule has 4 rings (SSSR count). The quantitative estimate of drug-likeness (QED) is 0.909. The number of H-pyrrole nitrogens is 1. The van der Waals surface area contributed by atoms with Crippen molar-refractivity contribution in [3.8, 4) is 5.75 Å². The molecule has 0 amide bonds. The Balaban J connectivity index is 1.39. The van der Waals surface area contributed by atoms with Crippen LogP contribution >= 0.6 is 0 Å². The molecule has 0 atom stereocenters. The number of methoxy groups -OCH3 is 1. The maximum Gasteiger partial charge on any atom is 0.160 e. The van der Waals surface area contributed by atoms with E-state index >= 15 is 0 Å². The third-order valence-electron chi connectivity index (χ3n) is 4.85. The molecule has 0 unspecified atom stereocenters. The Hall–Kier alpha value is -2.12. The Labute approximate surface area is 141 Å². The summed E-state index contributed by atoms with van der Waals surface area (Å²) in [5.41, 5.74) is 4.77. The zero-order chi connectivity index (χ0) is 16.4. The number of aromatic nitrogens is 3. The number of aromatic amines is 1. The molecule has 2 aromatic rings. The summed E-state index contributed by atoms with van der Waals surface area (Å²) in [5.74, 6) is 0.837. The maximum absolute atomic E-state index is 5.58. The first-order valence-electron chi connectivity index (χ1n) is 8.43. The summed E-state index contributed by atoms with van der Waals surface area (Å²) in [6, 6.07) is 2.02. The molecule has 2 aliphatic heterocycles. The van der Waals surface area contributed by atoms with Gasteiger partial charge in [-0.1, -0.05) is 0 Å². The van der Waals surface area contributed by atoms with E-state index in [1.54, 1.807) is 13.3 Å². The summed E-state index contributed by atoms with van der Waals surface area (Å²) < 4.78 is 11.0. The predicted molar refractivity (Wildman–Crippen MR) is 90.2 cm³/mol. The number of ether oxygens (including phenoxy) is 2. The molecule has 1 fully saturated rings. The summed E-state index contributed by atoms with van der Waals surface area (Å²) in [6.45, 7) is 6.34. The van der Waals surface area contributed by atoms with Crippen LogP contribution in [0.5, 0.6) is 5.75 Å². The number of pyridine rings is 1. The Morgan fingerprint density at radius 3 is 3.00 bits per heavy atom. The number of piperazine rings is 1. The minimum Gasteiger partial charge on any atom is -0.493 e. The SMILES string of the molecule is COc1cnccc1N1CCN(Cc2n[nH]c3c2COCC3)CC1. The molecule has 1 N–H and O–H groups in total. The van der Waals surface area contributed by atoms with Crippen LogP contribution in [0.3, 0.4) is 0 Å². The predicted octanol–water partition coefficient (Wildman–Crippen LogP) is 1.21. The number of nitrogens with zero attached hydrogens (tertiary/aromatic N) is 4. The lowest BCUT2D eigenvalue weighted by molar-refractivity contribution is 0.108. The average Bonchev–Trinajstić information content (AvgIpc) is 3.05. The van der Waals surface area contributed by atoms with Crippen molar-refractivity contribution in [1.29, 1.82) is 0 Å². The molecule has 0 spiro atoms. The first kappa shape index (κ1) is 15.4. The molecule has 7 nitrogen and oxygen atoms in total. The molecule has 0 saturated carbocycles. The number of hydrogen-bond acceptors (Lipinski definition) is 6. The van der Waals surface area contributed by atoms with Gasteiger partial charge in [0.2, 0.25) is 0 Å². The Morgan fingerprint density at radius 1 is 1.29 bits per heavy atom. The average molecular weight is 329 g/mol. The van der Waals surface area contributed by atoms with Gasteiger partial charge in [-0.2, -0.15) is 5.10 Å². The highest BCUT2D eigenvalue weighted by atomic mass is 16.5.